The van der Waals surface area contributed by atoms with Gasteiger partial charge in [-0.2, -0.15) is 4.98 Å². The summed E-state index contributed by atoms with van der Waals surface area (Å²) in [5.74, 6) is 1.19. The van der Waals surface area contributed by atoms with Gasteiger partial charge < -0.3 is 25.2 Å². The Morgan fingerprint density at radius 1 is 1.41 bits per heavy atom. The largest absolute Gasteiger partial charge is 0.479 e. The molecule has 0 aliphatic carbocycles. The third kappa shape index (κ3) is 4.08. The maximum absolute atomic E-state index is 8.57. The molecule has 1 rings (SSSR count). The van der Waals surface area contributed by atoms with Crippen LogP contribution in [0.25, 0.3) is 0 Å². The van der Waals surface area contributed by atoms with Crippen molar-refractivity contribution in [3.63, 3.8) is 0 Å². The molecule has 0 radical (unpaired) electrons. The van der Waals surface area contributed by atoms with Crippen LogP contribution in [0.15, 0.2) is 12.1 Å². The van der Waals surface area contributed by atoms with Gasteiger partial charge in [0.05, 0.1) is 32.6 Å². The molecule has 1 heterocycles. The number of aromatic nitrogens is 1. The zero-order chi connectivity index (χ0) is 12.7. The highest BCUT2D eigenvalue weighted by Crippen LogP contribution is 2.21. The van der Waals surface area contributed by atoms with E-state index in [0.717, 1.165) is 5.82 Å². The minimum absolute atomic E-state index is 0.0393. The highest BCUT2D eigenvalue weighted by atomic mass is 16.5. The van der Waals surface area contributed by atoms with E-state index >= 15 is 0 Å². The molecule has 0 spiro atoms. The first-order valence-electron chi connectivity index (χ1n) is 5.39. The zero-order valence-corrected chi connectivity index (χ0v) is 10.2. The minimum Gasteiger partial charge on any atom is -0.479 e. The van der Waals surface area contributed by atoms with Crippen LogP contribution in [0.5, 0.6) is 5.88 Å². The fraction of sp³-hybridized carbons (Fsp3) is 0.545. The predicted octanol–water partition coefficient (Wildman–Crippen LogP) is 0.117. The zero-order valence-electron chi connectivity index (χ0n) is 10.2. The van der Waals surface area contributed by atoms with Gasteiger partial charge in [-0.3, -0.25) is 0 Å². The second-order valence-corrected chi connectivity index (χ2v) is 3.53. The van der Waals surface area contributed by atoms with Crippen LogP contribution in [-0.2, 0) is 4.74 Å². The number of anilines is 2. The summed E-state index contributed by atoms with van der Waals surface area (Å²) in [6.45, 7) is 1.61. The van der Waals surface area contributed by atoms with Gasteiger partial charge in [-0.05, 0) is 12.1 Å². The molecule has 0 saturated heterocycles. The number of hydrogen-bond acceptors (Lipinski definition) is 6. The van der Waals surface area contributed by atoms with Crippen LogP contribution in [0.3, 0.4) is 0 Å². The lowest BCUT2D eigenvalue weighted by Gasteiger charge is -2.18. The summed E-state index contributed by atoms with van der Waals surface area (Å²) in [5.41, 5.74) is 6.20. The van der Waals surface area contributed by atoms with Gasteiger partial charge in [0.2, 0.25) is 5.88 Å². The van der Waals surface area contributed by atoms with Crippen LogP contribution in [0.4, 0.5) is 11.5 Å². The van der Waals surface area contributed by atoms with Gasteiger partial charge in [-0.15, -0.1) is 0 Å². The van der Waals surface area contributed by atoms with Crippen molar-refractivity contribution in [1.29, 1.82) is 0 Å². The third-order valence-corrected chi connectivity index (χ3v) is 2.27. The molecule has 1 aromatic heterocycles. The smallest absolute Gasteiger partial charge is 0.238 e. The molecule has 0 atom stereocenters. The number of hydrogen-bond donors (Lipinski definition) is 2. The lowest BCUT2D eigenvalue weighted by Crippen LogP contribution is -2.24. The first kappa shape index (κ1) is 13.5. The van der Waals surface area contributed by atoms with E-state index in [0.29, 0.717) is 31.3 Å². The van der Waals surface area contributed by atoms with E-state index in [9.17, 15) is 0 Å². The van der Waals surface area contributed by atoms with E-state index in [-0.39, 0.29) is 6.61 Å². The summed E-state index contributed by atoms with van der Waals surface area (Å²) in [7, 11) is 3.44. The average molecular weight is 241 g/mol. The van der Waals surface area contributed by atoms with E-state index in [1.807, 2.05) is 18.0 Å². The van der Waals surface area contributed by atoms with Crippen molar-refractivity contribution < 1.29 is 14.6 Å². The van der Waals surface area contributed by atoms with Gasteiger partial charge in [0.1, 0.15) is 5.82 Å². The van der Waals surface area contributed by atoms with Gasteiger partial charge in [0, 0.05) is 13.6 Å². The number of nitrogens with two attached hydrogens (primary N) is 1. The van der Waals surface area contributed by atoms with E-state index in [4.69, 9.17) is 20.3 Å². The number of nitrogens with zero attached hydrogens (tertiary/aromatic N) is 2. The number of pyridine rings is 1. The van der Waals surface area contributed by atoms with E-state index in [1.54, 1.807) is 6.07 Å². The van der Waals surface area contributed by atoms with Crippen molar-refractivity contribution >= 4 is 11.5 Å². The maximum Gasteiger partial charge on any atom is 0.238 e. The Hall–Kier alpha value is -1.53. The van der Waals surface area contributed by atoms with Crippen LogP contribution >= 0.6 is 0 Å². The Morgan fingerprint density at radius 2 is 2.18 bits per heavy atom. The summed E-state index contributed by atoms with van der Waals surface area (Å²) in [6.07, 6.45) is 0. The van der Waals surface area contributed by atoms with Crippen molar-refractivity contribution in [2.24, 2.45) is 0 Å². The Kier molecular flexibility index (Phi) is 5.51. The number of likely N-dealkylation sites (N-methyl/N-ethyl adjacent to an activating group) is 1. The molecule has 0 fully saturated rings. The molecule has 6 nitrogen and oxygen atoms in total. The first-order chi connectivity index (χ1) is 8.19. The van der Waals surface area contributed by atoms with Crippen molar-refractivity contribution in [2.45, 2.75) is 0 Å². The van der Waals surface area contributed by atoms with Gasteiger partial charge in [-0.25, -0.2) is 0 Å². The topological polar surface area (TPSA) is 80.8 Å². The Balaban J connectivity index is 2.53. The van der Waals surface area contributed by atoms with Crippen LogP contribution in [0.1, 0.15) is 0 Å². The van der Waals surface area contributed by atoms with Crippen LogP contribution in [0.2, 0.25) is 0 Å². The lowest BCUT2D eigenvalue weighted by atomic mass is 10.4. The van der Waals surface area contributed by atoms with Gasteiger partial charge in [0.25, 0.3) is 0 Å². The normalized spacial score (nSPS) is 10.3. The molecule has 96 valence electrons. The summed E-state index contributed by atoms with van der Waals surface area (Å²) in [5, 5.41) is 8.57. The van der Waals surface area contributed by atoms with E-state index in [2.05, 4.69) is 4.98 Å². The SMILES string of the molecule is COc1nc(N(C)CCOCCO)ccc1N. The summed E-state index contributed by atoms with van der Waals surface area (Å²) < 4.78 is 10.2. The monoisotopic (exact) mass is 241 g/mol. The maximum atomic E-state index is 8.57. The fourth-order valence-electron chi connectivity index (χ4n) is 1.30. The van der Waals surface area contributed by atoms with Gasteiger partial charge >= 0.3 is 0 Å². The quantitative estimate of drug-likeness (QED) is 0.660. The fourth-order valence-corrected chi connectivity index (χ4v) is 1.30. The molecular weight excluding hydrogens is 222 g/mol. The number of methoxy groups -OCH3 is 1. The second-order valence-electron chi connectivity index (χ2n) is 3.53. The van der Waals surface area contributed by atoms with Crippen molar-refractivity contribution in [2.75, 3.05) is 51.2 Å². The molecule has 0 amide bonds. The van der Waals surface area contributed by atoms with E-state index < -0.39 is 0 Å². The summed E-state index contributed by atoms with van der Waals surface area (Å²) in [4.78, 5) is 6.19. The third-order valence-electron chi connectivity index (χ3n) is 2.27. The lowest BCUT2D eigenvalue weighted by molar-refractivity contribution is 0.0970. The van der Waals surface area contributed by atoms with Crippen molar-refractivity contribution in [3.8, 4) is 5.88 Å². The molecule has 1 aromatic rings. The molecule has 0 bridgehead atoms. The summed E-state index contributed by atoms with van der Waals surface area (Å²) >= 11 is 0. The highest BCUT2D eigenvalue weighted by molar-refractivity contribution is 5.54. The Morgan fingerprint density at radius 3 is 2.82 bits per heavy atom. The number of aliphatic hydroxyl groups is 1. The second kappa shape index (κ2) is 6.93. The molecular formula is C11H19N3O3. The molecule has 0 saturated carbocycles. The van der Waals surface area contributed by atoms with Crippen molar-refractivity contribution in [1.82, 2.24) is 4.98 Å². The minimum atomic E-state index is 0.0393. The Labute approximate surface area is 101 Å². The van der Waals surface area contributed by atoms with Crippen molar-refractivity contribution in [3.05, 3.63) is 12.1 Å². The predicted molar refractivity (Wildman–Crippen MR) is 66.4 cm³/mol. The molecule has 3 N–H and O–H groups in total. The van der Waals surface area contributed by atoms with E-state index in [1.165, 1.54) is 7.11 Å². The number of ether oxygens (including phenoxy) is 2. The number of aliphatic hydroxyl groups excluding tert-OH is 1. The number of rotatable bonds is 7. The molecule has 0 aliphatic heterocycles. The van der Waals surface area contributed by atoms with Crippen LogP contribution in [0, 0.1) is 0 Å². The summed E-state index contributed by atoms with van der Waals surface area (Å²) in [6, 6.07) is 3.58. The van der Waals surface area contributed by atoms with Crippen LogP contribution < -0.4 is 15.4 Å². The molecule has 0 unspecified atom stereocenters. The van der Waals surface area contributed by atoms with Gasteiger partial charge in [-0.1, -0.05) is 0 Å². The first-order valence-corrected chi connectivity index (χ1v) is 5.39. The molecule has 0 aliphatic rings. The molecule has 0 aromatic carbocycles. The number of nitrogen functional groups attached to an aromatic ring is 1. The van der Waals surface area contributed by atoms with Crippen LogP contribution in [-0.4, -0.2) is 50.6 Å². The molecule has 17 heavy (non-hydrogen) atoms. The molecule has 6 heteroatoms. The highest BCUT2D eigenvalue weighted by Gasteiger charge is 2.06. The Bertz CT molecular complexity index is 347. The van der Waals surface area contributed by atoms with Gasteiger partial charge in [0.15, 0.2) is 0 Å². The average Bonchev–Trinajstić information content (AvgIpc) is 2.35. The standard InChI is InChI=1S/C11H19N3O3/c1-14(5-7-17-8-6-15)10-4-3-9(12)11(13-10)16-2/h3-4,15H,5-8,12H2,1-2H3.